The number of hydrogen-bond donors (Lipinski definition) is 3. The number of likely N-dealkylation sites (tertiary alicyclic amines) is 1. The molecule has 1 saturated carbocycles. The van der Waals surface area contributed by atoms with Crippen LogP contribution >= 0.6 is 0 Å². The SMILES string of the molecule is C[C@H]1c2c([nH]c3nnc(-c4ccccc4O)cc23)CCN1c1ncc(C2CCN(C3CC4(CNC4)C3)CC2)cn1. The van der Waals surface area contributed by atoms with Gasteiger partial charge in [-0.1, -0.05) is 12.1 Å². The highest BCUT2D eigenvalue weighted by Crippen LogP contribution is 2.47. The van der Waals surface area contributed by atoms with Crippen molar-refractivity contribution in [1.82, 2.24) is 35.4 Å². The van der Waals surface area contributed by atoms with Gasteiger partial charge in [0.1, 0.15) is 5.75 Å². The number of hydrogen-bond acceptors (Lipinski definition) is 8. The number of anilines is 1. The van der Waals surface area contributed by atoms with Crippen LogP contribution in [-0.2, 0) is 6.42 Å². The molecule has 0 bridgehead atoms. The second-order valence-corrected chi connectivity index (χ2v) is 12.4. The highest BCUT2D eigenvalue weighted by Gasteiger charge is 2.50. The van der Waals surface area contributed by atoms with Crippen molar-refractivity contribution in [3.8, 4) is 17.0 Å². The number of nitrogens with zero attached hydrogens (tertiary/aromatic N) is 6. The monoisotopic (exact) mass is 536 g/mol. The number of phenols is 1. The van der Waals surface area contributed by atoms with Gasteiger partial charge in [0, 0.05) is 66.7 Å². The van der Waals surface area contributed by atoms with E-state index in [9.17, 15) is 5.11 Å². The zero-order chi connectivity index (χ0) is 26.8. The Hall–Kier alpha value is -3.56. The molecule has 4 aliphatic rings. The maximum Gasteiger partial charge on any atom is 0.225 e. The summed E-state index contributed by atoms with van der Waals surface area (Å²) in [5.74, 6) is 1.54. The van der Waals surface area contributed by atoms with Crippen molar-refractivity contribution in [3.63, 3.8) is 0 Å². The molecule has 8 rings (SSSR count). The number of phenolic OH excluding ortho intramolecular Hbond substituents is 1. The van der Waals surface area contributed by atoms with E-state index in [4.69, 9.17) is 9.97 Å². The first-order valence-electron chi connectivity index (χ1n) is 14.8. The highest BCUT2D eigenvalue weighted by molar-refractivity contribution is 5.86. The van der Waals surface area contributed by atoms with Crippen molar-refractivity contribution in [3.05, 3.63) is 59.5 Å². The molecule has 9 heteroatoms. The number of aromatic amines is 1. The van der Waals surface area contributed by atoms with Crippen LogP contribution in [0.3, 0.4) is 0 Å². The highest BCUT2D eigenvalue weighted by atomic mass is 16.3. The molecule has 3 aliphatic heterocycles. The summed E-state index contributed by atoms with van der Waals surface area (Å²) >= 11 is 0. The van der Waals surface area contributed by atoms with Crippen LogP contribution < -0.4 is 10.2 Å². The summed E-state index contributed by atoms with van der Waals surface area (Å²) in [4.78, 5) is 18.3. The minimum absolute atomic E-state index is 0.0876. The van der Waals surface area contributed by atoms with Gasteiger partial charge in [0.25, 0.3) is 0 Å². The number of para-hydroxylation sites is 1. The van der Waals surface area contributed by atoms with Gasteiger partial charge in [0.05, 0.1) is 11.7 Å². The van der Waals surface area contributed by atoms with E-state index in [2.05, 4.69) is 49.6 Å². The van der Waals surface area contributed by atoms with Crippen LogP contribution in [0.15, 0.2) is 42.7 Å². The number of aromatic hydroxyl groups is 1. The summed E-state index contributed by atoms with van der Waals surface area (Å²) < 4.78 is 0. The number of nitrogens with one attached hydrogen (secondary N) is 2. The van der Waals surface area contributed by atoms with Crippen LogP contribution in [0.5, 0.6) is 5.75 Å². The van der Waals surface area contributed by atoms with Gasteiger partial charge in [-0.3, -0.25) is 0 Å². The molecule has 0 unspecified atom stereocenters. The summed E-state index contributed by atoms with van der Waals surface area (Å²) in [6.07, 6.45) is 10.2. The van der Waals surface area contributed by atoms with Crippen LogP contribution in [0.2, 0.25) is 0 Å². The van der Waals surface area contributed by atoms with Gasteiger partial charge >= 0.3 is 0 Å². The Bertz CT molecular complexity index is 1550. The topological polar surface area (TPSA) is 106 Å². The second kappa shape index (κ2) is 9.24. The largest absolute Gasteiger partial charge is 0.507 e. The van der Waals surface area contributed by atoms with E-state index in [1.807, 2.05) is 24.3 Å². The van der Waals surface area contributed by atoms with Gasteiger partial charge in [-0.15, -0.1) is 10.2 Å². The van der Waals surface area contributed by atoms with Gasteiger partial charge in [-0.05, 0) is 80.8 Å². The van der Waals surface area contributed by atoms with Crippen LogP contribution in [0.25, 0.3) is 22.3 Å². The molecule has 6 heterocycles. The van der Waals surface area contributed by atoms with E-state index < -0.39 is 0 Å². The third-order valence-corrected chi connectivity index (χ3v) is 10.1. The van der Waals surface area contributed by atoms with Crippen LogP contribution in [0.4, 0.5) is 5.95 Å². The Morgan fingerprint density at radius 3 is 2.50 bits per heavy atom. The van der Waals surface area contributed by atoms with Crippen LogP contribution in [0.1, 0.15) is 61.4 Å². The lowest BCUT2D eigenvalue weighted by atomic mass is 9.61. The van der Waals surface area contributed by atoms with Crippen molar-refractivity contribution in [2.24, 2.45) is 5.41 Å². The van der Waals surface area contributed by atoms with Crippen molar-refractivity contribution in [1.29, 1.82) is 0 Å². The third kappa shape index (κ3) is 3.89. The normalized spacial score (nSPS) is 23.2. The minimum Gasteiger partial charge on any atom is -0.507 e. The van der Waals surface area contributed by atoms with Crippen molar-refractivity contribution in [2.45, 2.75) is 57.0 Å². The molecule has 1 atom stereocenters. The Balaban J connectivity index is 0.980. The maximum atomic E-state index is 10.4. The third-order valence-electron chi connectivity index (χ3n) is 10.1. The zero-order valence-corrected chi connectivity index (χ0v) is 23.0. The summed E-state index contributed by atoms with van der Waals surface area (Å²) in [6, 6.07) is 10.2. The van der Waals surface area contributed by atoms with E-state index in [0.29, 0.717) is 22.6 Å². The number of fused-ring (bicyclic) bond motifs is 3. The molecule has 1 spiro atoms. The molecule has 3 aromatic heterocycles. The summed E-state index contributed by atoms with van der Waals surface area (Å²) in [7, 11) is 0. The fourth-order valence-corrected chi connectivity index (χ4v) is 7.67. The Morgan fingerprint density at radius 1 is 1.00 bits per heavy atom. The van der Waals surface area contributed by atoms with Crippen molar-refractivity contribution >= 4 is 17.0 Å². The predicted molar refractivity (Wildman–Crippen MR) is 154 cm³/mol. The first-order chi connectivity index (χ1) is 19.6. The number of rotatable bonds is 4. The van der Waals surface area contributed by atoms with Crippen LogP contribution in [0, 0.1) is 5.41 Å². The van der Waals surface area contributed by atoms with E-state index in [-0.39, 0.29) is 11.8 Å². The summed E-state index contributed by atoms with van der Waals surface area (Å²) in [6.45, 7) is 7.90. The van der Waals surface area contributed by atoms with Gasteiger partial charge < -0.3 is 25.2 Å². The zero-order valence-electron chi connectivity index (χ0n) is 23.0. The molecule has 3 fully saturated rings. The number of benzene rings is 1. The fourth-order valence-electron chi connectivity index (χ4n) is 7.67. The molecule has 206 valence electrons. The fraction of sp³-hybridized carbons (Fsp3) is 0.484. The van der Waals surface area contributed by atoms with Gasteiger partial charge in [0.2, 0.25) is 5.95 Å². The number of piperidine rings is 1. The van der Waals surface area contributed by atoms with Crippen molar-refractivity contribution < 1.29 is 5.11 Å². The predicted octanol–water partition coefficient (Wildman–Crippen LogP) is 4.18. The molecule has 0 amide bonds. The molecule has 1 aromatic carbocycles. The van der Waals surface area contributed by atoms with Gasteiger partial charge in [0.15, 0.2) is 5.65 Å². The number of aromatic nitrogens is 5. The van der Waals surface area contributed by atoms with Gasteiger partial charge in [-0.2, -0.15) is 0 Å². The molecule has 4 aromatic rings. The second-order valence-electron chi connectivity index (χ2n) is 12.4. The Labute approximate surface area is 234 Å². The molecule has 1 aliphatic carbocycles. The number of H-pyrrole nitrogens is 1. The molecule has 0 radical (unpaired) electrons. The quantitative estimate of drug-likeness (QED) is 0.357. The lowest BCUT2D eigenvalue weighted by Crippen LogP contribution is -2.65. The minimum atomic E-state index is 0.0876. The molecule has 2 saturated heterocycles. The lowest BCUT2D eigenvalue weighted by molar-refractivity contribution is -0.0432. The van der Waals surface area contributed by atoms with E-state index in [1.165, 1.54) is 68.7 Å². The molecular formula is C31H36N8O. The molecule has 40 heavy (non-hydrogen) atoms. The average Bonchev–Trinajstić information content (AvgIpc) is 3.31. The lowest BCUT2D eigenvalue weighted by Gasteiger charge is -2.58. The van der Waals surface area contributed by atoms with Crippen LogP contribution in [-0.4, -0.2) is 73.9 Å². The summed E-state index contributed by atoms with van der Waals surface area (Å²) in [5.41, 5.74) is 6.45. The molecule has 9 nitrogen and oxygen atoms in total. The first kappa shape index (κ1) is 24.3. The average molecular weight is 537 g/mol. The maximum absolute atomic E-state index is 10.4. The van der Waals surface area contributed by atoms with E-state index in [1.54, 1.807) is 6.07 Å². The first-order valence-corrected chi connectivity index (χ1v) is 14.8. The Kier molecular flexibility index (Phi) is 5.60. The van der Waals surface area contributed by atoms with Crippen molar-refractivity contribution in [2.75, 3.05) is 37.6 Å². The smallest absolute Gasteiger partial charge is 0.225 e. The standard InChI is InChI=1S/C31H36N8O/c1-19-28-24-12-26(23-4-2-3-5-27(23)40)36-37-29(24)35-25(28)8-11-39(19)30-33-15-21(16-34-30)20-6-9-38(10-7-20)22-13-31(14-22)17-32-18-31/h2-5,12,15-16,19-20,22,32,40H,6-11,13-14,17-18H2,1H3,(H,35,37)/t19-/m0/s1. The molecule has 3 N–H and O–H groups in total. The van der Waals surface area contributed by atoms with E-state index >= 15 is 0 Å². The summed E-state index contributed by atoms with van der Waals surface area (Å²) in [5, 5.41) is 23.7. The van der Waals surface area contributed by atoms with Gasteiger partial charge in [-0.25, -0.2) is 9.97 Å². The molecular weight excluding hydrogens is 500 g/mol. The Morgan fingerprint density at radius 2 is 1.77 bits per heavy atom. The van der Waals surface area contributed by atoms with E-state index in [0.717, 1.165) is 36.0 Å².